The molecule has 23 heavy (non-hydrogen) atoms. The summed E-state index contributed by atoms with van der Waals surface area (Å²) in [6.07, 6.45) is 4.66. The van der Waals surface area contributed by atoms with Gasteiger partial charge in [0.1, 0.15) is 5.82 Å². The number of aldehydes is 1. The number of hydrogen-bond donors (Lipinski definition) is 1. The zero-order chi connectivity index (χ0) is 16.4. The quantitative estimate of drug-likeness (QED) is 0.643. The monoisotopic (exact) mass is 309 g/mol. The number of para-hydroxylation sites is 1. The fourth-order valence-electron chi connectivity index (χ4n) is 3.64. The van der Waals surface area contributed by atoms with Crippen LogP contribution in [0.15, 0.2) is 48.7 Å². The maximum absolute atomic E-state index is 13.3. The molecular weight excluding hydrogens is 289 g/mol. The average Bonchev–Trinajstić information content (AvgIpc) is 3.03. The minimum Gasteiger partial charge on any atom is -0.360 e. The number of carbonyl (C=O) groups is 1. The molecule has 0 amide bonds. The van der Waals surface area contributed by atoms with Crippen molar-refractivity contribution in [3.63, 3.8) is 0 Å². The van der Waals surface area contributed by atoms with Crippen LogP contribution in [0.25, 0.3) is 10.9 Å². The molecule has 3 heteroatoms. The number of aromatic amines is 1. The number of hydrogen-bond acceptors (Lipinski definition) is 1. The highest BCUT2D eigenvalue weighted by Crippen LogP contribution is 2.42. The van der Waals surface area contributed by atoms with E-state index in [0.29, 0.717) is 5.56 Å². The lowest BCUT2D eigenvalue weighted by molar-refractivity contribution is 0.112. The second-order valence-corrected chi connectivity index (χ2v) is 5.89. The summed E-state index contributed by atoms with van der Waals surface area (Å²) < 4.78 is 13.3. The van der Waals surface area contributed by atoms with Crippen LogP contribution in [0.1, 0.15) is 48.2 Å². The van der Waals surface area contributed by atoms with Crippen molar-refractivity contribution in [1.82, 2.24) is 4.98 Å². The lowest BCUT2D eigenvalue weighted by atomic mass is 9.70. The van der Waals surface area contributed by atoms with Crippen molar-refractivity contribution in [1.29, 1.82) is 0 Å². The van der Waals surface area contributed by atoms with Crippen LogP contribution in [0.3, 0.4) is 0 Å². The molecule has 0 aliphatic heterocycles. The Kier molecular flexibility index (Phi) is 4.03. The first-order chi connectivity index (χ1) is 11.2. The lowest BCUT2D eigenvalue weighted by Gasteiger charge is -2.32. The number of fused-ring (bicyclic) bond motifs is 1. The SMILES string of the molecule is CCC(CC)(c1ccc(F)cc1)c1c[nH]c2c(C=O)cccc12. The molecule has 0 spiro atoms. The van der Waals surface area contributed by atoms with Gasteiger partial charge < -0.3 is 4.98 Å². The van der Waals surface area contributed by atoms with E-state index < -0.39 is 0 Å². The first-order valence-corrected chi connectivity index (χ1v) is 7.98. The van der Waals surface area contributed by atoms with Gasteiger partial charge in [-0.1, -0.05) is 38.1 Å². The molecule has 0 aliphatic carbocycles. The summed E-state index contributed by atoms with van der Waals surface area (Å²) in [7, 11) is 0. The Labute approximate surface area is 135 Å². The van der Waals surface area contributed by atoms with Gasteiger partial charge in [-0.25, -0.2) is 4.39 Å². The van der Waals surface area contributed by atoms with E-state index in [1.54, 1.807) is 0 Å². The molecule has 1 heterocycles. The molecule has 2 aromatic carbocycles. The van der Waals surface area contributed by atoms with Crippen LogP contribution < -0.4 is 0 Å². The van der Waals surface area contributed by atoms with Crippen LogP contribution in [-0.2, 0) is 5.41 Å². The van der Waals surface area contributed by atoms with E-state index in [1.165, 1.54) is 12.1 Å². The Balaban J connectivity index is 2.27. The van der Waals surface area contributed by atoms with E-state index in [0.717, 1.165) is 41.2 Å². The van der Waals surface area contributed by atoms with Crippen molar-refractivity contribution in [3.8, 4) is 0 Å². The Morgan fingerprint density at radius 3 is 2.39 bits per heavy atom. The Hall–Kier alpha value is -2.42. The molecule has 0 atom stereocenters. The summed E-state index contributed by atoms with van der Waals surface area (Å²) >= 11 is 0. The normalized spacial score (nSPS) is 11.8. The van der Waals surface area contributed by atoms with Gasteiger partial charge in [-0.3, -0.25) is 4.79 Å². The molecule has 0 radical (unpaired) electrons. The number of aromatic nitrogens is 1. The minimum atomic E-state index is -0.225. The van der Waals surface area contributed by atoms with Crippen LogP contribution in [0, 0.1) is 5.82 Å². The van der Waals surface area contributed by atoms with E-state index in [9.17, 15) is 9.18 Å². The maximum Gasteiger partial charge on any atom is 0.152 e. The molecule has 0 bridgehead atoms. The standard InChI is InChI=1S/C20H20FNO/c1-3-20(4-2,15-8-10-16(21)11-9-15)18-12-22-19-14(13-23)6-5-7-17(18)19/h5-13,22H,3-4H2,1-2H3. The van der Waals surface area contributed by atoms with E-state index in [-0.39, 0.29) is 11.2 Å². The number of nitrogens with one attached hydrogen (secondary N) is 1. The van der Waals surface area contributed by atoms with Crippen LogP contribution in [-0.4, -0.2) is 11.3 Å². The highest BCUT2D eigenvalue weighted by molar-refractivity contribution is 5.98. The average molecular weight is 309 g/mol. The van der Waals surface area contributed by atoms with Crippen molar-refractivity contribution in [2.24, 2.45) is 0 Å². The molecule has 3 aromatic rings. The van der Waals surface area contributed by atoms with Gasteiger partial charge in [0, 0.05) is 22.6 Å². The maximum atomic E-state index is 13.3. The van der Waals surface area contributed by atoms with Gasteiger partial charge in [-0.15, -0.1) is 0 Å². The third kappa shape index (κ3) is 2.37. The van der Waals surface area contributed by atoms with Crippen molar-refractivity contribution >= 4 is 17.2 Å². The predicted molar refractivity (Wildman–Crippen MR) is 91.4 cm³/mol. The number of carbonyl (C=O) groups excluding carboxylic acids is 1. The van der Waals surface area contributed by atoms with Gasteiger partial charge in [0.25, 0.3) is 0 Å². The highest BCUT2D eigenvalue weighted by atomic mass is 19.1. The van der Waals surface area contributed by atoms with E-state index in [4.69, 9.17) is 0 Å². The van der Waals surface area contributed by atoms with E-state index in [2.05, 4.69) is 18.8 Å². The third-order valence-corrected chi connectivity index (χ3v) is 4.99. The van der Waals surface area contributed by atoms with Gasteiger partial charge in [0.05, 0.1) is 5.52 Å². The zero-order valence-corrected chi connectivity index (χ0v) is 13.4. The highest BCUT2D eigenvalue weighted by Gasteiger charge is 2.33. The number of halogens is 1. The van der Waals surface area contributed by atoms with Crippen molar-refractivity contribution in [2.75, 3.05) is 0 Å². The first kappa shape index (κ1) is 15.5. The second kappa shape index (κ2) is 5.99. The number of H-pyrrole nitrogens is 1. The lowest BCUT2D eigenvalue weighted by Crippen LogP contribution is -2.25. The Morgan fingerprint density at radius 1 is 1.09 bits per heavy atom. The molecule has 0 fully saturated rings. The van der Waals surface area contributed by atoms with Crippen molar-refractivity contribution in [2.45, 2.75) is 32.1 Å². The zero-order valence-electron chi connectivity index (χ0n) is 13.4. The molecule has 0 saturated carbocycles. The molecular formula is C20H20FNO. The molecule has 1 N–H and O–H groups in total. The smallest absolute Gasteiger partial charge is 0.152 e. The van der Waals surface area contributed by atoms with Crippen LogP contribution in [0.5, 0.6) is 0 Å². The summed E-state index contributed by atoms with van der Waals surface area (Å²) in [5, 5.41) is 1.06. The van der Waals surface area contributed by atoms with Gasteiger partial charge in [0.2, 0.25) is 0 Å². The van der Waals surface area contributed by atoms with Crippen molar-refractivity contribution < 1.29 is 9.18 Å². The second-order valence-electron chi connectivity index (χ2n) is 5.89. The molecule has 0 aliphatic rings. The topological polar surface area (TPSA) is 32.9 Å². The summed E-state index contributed by atoms with van der Waals surface area (Å²) in [6, 6.07) is 12.5. The summed E-state index contributed by atoms with van der Waals surface area (Å²) in [4.78, 5) is 14.5. The van der Waals surface area contributed by atoms with Gasteiger partial charge in [-0.2, -0.15) is 0 Å². The van der Waals surface area contributed by atoms with Crippen molar-refractivity contribution in [3.05, 3.63) is 71.2 Å². The van der Waals surface area contributed by atoms with Gasteiger partial charge >= 0.3 is 0 Å². The molecule has 2 nitrogen and oxygen atoms in total. The molecule has 3 rings (SSSR count). The molecule has 118 valence electrons. The Morgan fingerprint density at radius 2 is 1.78 bits per heavy atom. The Bertz CT molecular complexity index is 828. The number of rotatable bonds is 5. The third-order valence-electron chi connectivity index (χ3n) is 4.99. The molecule has 0 unspecified atom stereocenters. The van der Waals surface area contributed by atoms with E-state index >= 15 is 0 Å². The first-order valence-electron chi connectivity index (χ1n) is 7.98. The van der Waals surface area contributed by atoms with Crippen LogP contribution in [0.2, 0.25) is 0 Å². The fraction of sp³-hybridized carbons (Fsp3) is 0.250. The summed E-state index contributed by atoms with van der Waals surface area (Å²) in [5.41, 5.74) is 3.59. The predicted octanol–water partition coefficient (Wildman–Crippen LogP) is 5.23. The summed E-state index contributed by atoms with van der Waals surface area (Å²) in [6.45, 7) is 4.30. The number of benzene rings is 2. The molecule has 1 aromatic heterocycles. The van der Waals surface area contributed by atoms with Gasteiger partial charge in [0.15, 0.2) is 6.29 Å². The minimum absolute atomic E-state index is 0.201. The van der Waals surface area contributed by atoms with Crippen LogP contribution >= 0.6 is 0 Å². The van der Waals surface area contributed by atoms with Gasteiger partial charge in [-0.05, 0) is 42.2 Å². The largest absolute Gasteiger partial charge is 0.360 e. The fourth-order valence-corrected chi connectivity index (χ4v) is 3.64. The summed E-state index contributed by atoms with van der Waals surface area (Å²) in [5.74, 6) is -0.225. The molecule has 0 saturated heterocycles. The van der Waals surface area contributed by atoms with E-state index in [1.807, 2.05) is 36.5 Å². The van der Waals surface area contributed by atoms with Crippen LogP contribution in [0.4, 0.5) is 4.39 Å².